The molecule has 0 amide bonds. The molecule has 0 aromatic carbocycles. The molecule has 1 aliphatic rings. The zero-order chi connectivity index (χ0) is 39.1. The van der Waals surface area contributed by atoms with Crippen LogP contribution in [0, 0.1) is 36.0 Å². The number of hydrogen-bond donors (Lipinski definition) is 1. The van der Waals surface area contributed by atoms with Gasteiger partial charge in [-0.15, -0.1) is 29.9 Å². The number of ether oxygens (including phenoxy) is 1. The van der Waals surface area contributed by atoms with Crippen molar-refractivity contribution in [2.45, 2.75) is 199 Å². The largest absolute Gasteiger partial charge is 0.413 e. The summed E-state index contributed by atoms with van der Waals surface area (Å²) in [4.78, 5) is 0. The first-order chi connectivity index (χ1) is 22.8. The highest BCUT2D eigenvalue weighted by Crippen LogP contribution is 2.55. The predicted molar refractivity (Wildman–Crippen MR) is 231 cm³/mol. The van der Waals surface area contributed by atoms with Crippen LogP contribution in [0.2, 0.25) is 54.4 Å². The number of aliphatic hydroxyl groups is 1. The predicted octanol–water partition coefficient (Wildman–Crippen LogP) is 11.7. The zero-order valence-corrected chi connectivity index (χ0v) is 40.8. The van der Waals surface area contributed by atoms with Gasteiger partial charge in [-0.25, -0.2) is 0 Å². The standard InChI is InChI=1S/C40H82O5S2Si3/c1-21-33(42-16)37(45-50(22-2,23-3)24-4)31(8)35(41)32(9)40(46-26-25-27-47-40)28-34(43-48(17,18)38(10,11)12)30(7)36(29(5)6)44-49(19,20)39(13,14)15/h1,29-37,41H,22-28H2,2-20H3/t30-,31-,32-,33-,34+,35+,36+,37+/m0/s1. The molecule has 10 heteroatoms. The third kappa shape index (κ3) is 12.1. The first-order valence-corrected chi connectivity index (χ1v) is 30.1. The minimum Gasteiger partial charge on any atom is -0.413 e. The SMILES string of the molecule is C#C[C@H](OC)[C@H](O[Si](CC)(CC)CC)[C@@H](C)[C@@H](O)[C@H](C)C1(C[C@@H](O[Si](C)(C)C(C)(C)C)[C@H](C)[C@H](O[Si](C)(C)C(C)(C)C)C(C)C)SCCCS1. The lowest BCUT2D eigenvalue weighted by Gasteiger charge is -2.51. The molecular weight excluding hydrogens is 709 g/mol. The fourth-order valence-corrected chi connectivity index (χ4v) is 16.3. The van der Waals surface area contributed by atoms with E-state index in [1.165, 1.54) is 6.42 Å². The molecule has 1 rings (SSSR count). The fraction of sp³-hybridized carbons (Fsp3) is 0.950. The molecule has 1 N–H and O–H groups in total. The van der Waals surface area contributed by atoms with E-state index in [0.717, 1.165) is 36.1 Å². The Morgan fingerprint density at radius 1 is 0.760 bits per heavy atom. The second-order valence-corrected chi connectivity index (χ2v) is 36.1. The van der Waals surface area contributed by atoms with Gasteiger partial charge in [0.25, 0.3) is 0 Å². The zero-order valence-electron chi connectivity index (χ0n) is 36.1. The van der Waals surface area contributed by atoms with Gasteiger partial charge < -0.3 is 23.1 Å². The van der Waals surface area contributed by atoms with Gasteiger partial charge in [0, 0.05) is 24.9 Å². The second kappa shape index (κ2) is 19.5. The van der Waals surface area contributed by atoms with Gasteiger partial charge in [-0.05, 0) is 84.7 Å². The number of terminal acetylenes is 1. The number of methoxy groups -OCH3 is 1. The first kappa shape index (κ1) is 48.7. The molecule has 0 aliphatic carbocycles. The molecular formula is C40H82O5S2Si3. The molecule has 296 valence electrons. The Morgan fingerprint density at radius 2 is 1.22 bits per heavy atom. The molecule has 1 aliphatic heterocycles. The molecule has 0 radical (unpaired) electrons. The van der Waals surface area contributed by atoms with Crippen molar-refractivity contribution in [3.63, 3.8) is 0 Å². The van der Waals surface area contributed by atoms with E-state index in [0.29, 0.717) is 5.92 Å². The van der Waals surface area contributed by atoms with Crippen LogP contribution in [0.1, 0.15) is 110 Å². The molecule has 0 aromatic rings. The van der Waals surface area contributed by atoms with Crippen molar-refractivity contribution in [2.75, 3.05) is 18.6 Å². The van der Waals surface area contributed by atoms with E-state index in [-0.39, 0.29) is 50.2 Å². The lowest BCUT2D eigenvalue weighted by molar-refractivity contribution is -0.0556. The highest BCUT2D eigenvalue weighted by atomic mass is 32.2. The summed E-state index contributed by atoms with van der Waals surface area (Å²) >= 11 is 4.08. The van der Waals surface area contributed by atoms with Gasteiger partial charge in [-0.3, -0.25) is 0 Å². The average molecular weight is 791 g/mol. The third-order valence-corrected chi connectivity index (χ3v) is 30.4. The quantitative estimate of drug-likeness (QED) is 0.0973. The molecule has 0 saturated carbocycles. The third-order valence-electron chi connectivity index (χ3n) is 13.0. The van der Waals surface area contributed by atoms with Crippen molar-refractivity contribution < 1.29 is 23.1 Å². The van der Waals surface area contributed by atoms with E-state index in [1.807, 2.05) is 23.5 Å². The molecule has 50 heavy (non-hydrogen) atoms. The maximum Gasteiger partial charge on any atom is 0.192 e. The number of thioether (sulfide) groups is 2. The van der Waals surface area contributed by atoms with Crippen LogP contribution in [-0.2, 0) is 18.0 Å². The Morgan fingerprint density at radius 3 is 1.60 bits per heavy atom. The Hall–Kier alpha value is 0.711. The van der Waals surface area contributed by atoms with Crippen molar-refractivity contribution in [1.82, 2.24) is 0 Å². The first-order valence-electron chi connectivity index (χ1n) is 19.7. The van der Waals surface area contributed by atoms with Crippen molar-refractivity contribution in [1.29, 1.82) is 0 Å². The van der Waals surface area contributed by atoms with E-state index in [1.54, 1.807) is 7.11 Å². The van der Waals surface area contributed by atoms with Gasteiger partial charge >= 0.3 is 0 Å². The highest BCUT2D eigenvalue weighted by Gasteiger charge is 2.52. The number of aliphatic hydroxyl groups excluding tert-OH is 1. The maximum absolute atomic E-state index is 12.5. The van der Waals surface area contributed by atoms with Crippen molar-refractivity contribution >= 4 is 48.5 Å². The summed E-state index contributed by atoms with van der Waals surface area (Å²) in [6.07, 6.45) is 6.66. The van der Waals surface area contributed by atoms with Gasteiger partial charge in [0.05, 0.1) is 28.5 Å². The van der Waals surface area contributed by atoms with Gasteiger partial charge in [-0.2, -0.15) is 0 Å². The van der Waals surface area contributed by atoms with E-state index in [2.05, 4.69) is 129 Å². The van der Waals surface area contributed by atoms with Crippen molar-refractivity contribution in [3.8, 4) is 12.3 Å². The smallest absolute Gasteiger partial charge is 0.192 e. The monoisotopic (exact) mass is 790 g/mol. The fourth-order valence-electron chi connectivity index (χ4n) is 6.85. The van der Waals surface area contributed by atoms with Crippen LogP contribution in [0.4, 0.5) is 0 Å². The van der Waals surface area contributed by atoms with Crippen LogP contribution in [-0.4, -0.2) is 83.3 Å². The van der Waals surface area contributed by atoms with Crippen LogP contribution in [0.15, 0.2) is 0 Å². The molecule has 1 heterocycles. The Kier molecular flexibility index (Phi) is 19.0. The molecule has 0 unspecified atom stereocenters. The second-order valence-electron chi connectivity index (χ2n) is 18.7. The summed E-state index contributed by atoms with van der Waals surface area (Å²) in [7, 11) is -4.59. The molecule has 0 spiro atoms. The van der Waals surface area contributed by atoms with Crippen LogP contribution in [0.25, 0.3) is 0 Å². The molecule has 1 fully saturated rings. The highest BCUT2D eigenvalue weighted by molar-refractivity contribution is 8.18. The molecule has 0 aromatic heterocycles. The lowest BCUT2D eigenvalue weighted by atomic mass is 9.81. The normalized spacial score (nSPS) is 21.5. The van der Waals surface area contributed by atoms with Crippen LogP contribution < -0.4 is 0 Å². The summed E-state index contributed by atoms with van der Waals surface area (Å²) in [6.45, 7) is 41.7. The molecule has 1 saturated heterocycles. The van der Waals surface area contributed by atoms with E-state index >= 15 is 0 Å². The topological polar surface area (TPSA) is 57.2 Å². The summed E-state index contributed by atoms with van der Waals surface area (Å²) in [5.74, 6) is 5.33. The van der Waals surface area contributed by atoms with Gasteiger partial charge in [0.15, 0.2) is 25.0 Å². The Bertz CT molecular complexity index is 1030. The minimum absolute atomic E-state index is 0.0130. The number of rotatable bonds is 20. The van der Waals surface area contributed by atoms with Crippen molar-refractivity contribution in [2.24, 2.45) is 23.7 Å². The van der Waals surface area contributed by atoms with Gasteiger partial charge in [0.2, 0.25) is 0 Å². The van der Waals surface area contributed by atoms with E-state index in [9.17, 15) is 5.11 Å². The van der Waals surface area contributed by atoms with Crippen LogP contribution in [0.5, 0.6) is 0 Å². The van der Waals surface area contributed by atoms with Gasteiger partial charge in [-0.1, -0.05) is 103 Å². The molecule has 8 atom stereocenters. The summed E-state index contributed by atoms with van der Waals surface area (Å²) in [6, 6.07) is 3.05. The summed E-state index contributed by atoms with van der Waals surface area (Å²) in [5, 5.41) is 12.7. The minimum atomic E-state index is -2.17. The average Bonchev–Trinajstić information content (AvgIpc) is 3.03. The summed E-state index contributed by atoms with van der Waals surface area (Å²) < 4.78 is 27.6. The molecule has 0 bridgehead atoms. The maximum atomic E-state index is 12.5. The van der Waals surface area contributed by atoms with Crippen LogP contribution in [0.3, 0.4) is 0 Å². The summed E-state index contributed by atoms with van der Waals surface area (Å²) in [5.41, 5.74) is 0. The van der Waals surface area contributed by atoms with E-state index in [4.69, 9.17) is 24.4 Å². The van der Waals surface area contributed by atoms with Crippen LogP contribution >= 0.6 is 23.5 Å². The van der Waals surface area contributed by atoms with E-state index < -0.39 is 37.2 Å². The molecule has 5 nitrogen and oxygen atoms in total. The number of hydrogen-bond acceptors (Lipinski definition) is 7. The van der Waals surface area contributed by atoms with Crippen molar-refractivity contribution in [3.05, 3.63) is 0 Å². The Balaban J connectivity index is 3.78. The Labute approximate surface area is 323 Å². The van der Waals surface area contributed by atoms with Gasteiger partial charge in [0.1, 0.15) is 6.10 Å². The lowest BCUT2D eigenvalue weighted by Crippen LogP contribution is -2.55.